The first-order valence-corrected chi connectivity index (χ1v) is 10.2. The Kier molecular flexibility index (Phi) is 7.14. The van der Waals surface area contributed by atoms with E-state index < -0.39 is 17.1 Å². The first-order chi connectivity index (χ1) is 15.3. The molecule has 168 valence electrons. The number of nitrogens with zero attached hydrogens (tertiary/aromatic N) is 2. The van der Waals surface area contributed by atoms with Crippen molar-refractivity contribution >= 4 is 11.9 Å². The second kappa shape index (κ2) is 10.00. The van der Waals surface area contributed by atoms with E-state index in [9.17, 15) is 14.7 Å². The monoisotopic (exact) mass is 437 g/mol. The van der Waals surface area contributed by atoms with Crippen LogP contribution in [0.3, 0.4) is 0 Å². The number of hydrogen-bond donors (Lipinski definition) is 2. The molecular formula is C24H27N3O5. The molecule has 0 aliphatic carbocycles. The smallest absolute Gasteiger partial charge is 0.331 e. The molecule has 0 atom stereocenters. The second-order valence-electron chi connectivity index (χ2n) is 7.59. The van der Waals surface area contributed by atoms with Gasteiger partial charge in [0.15, 0.2) is 11.5 Å². The second-order valence-corrected chi connectivity index (χ2v) is 7.59. The zero-order chi connectivity index (χ0) is 23.3. The number of hydrogen-bond acceptors (Lipinski definition) is 6. The van der Waals surface area contributed by atoms with Crippen molar-refractivity contribution in [1.82, 2.24) is 9.55 Å². The van der Waals surface area contributed by atoms with E-state index in [1.165, 1.54) is 11.8 Å². The highest BCUT2D eigenvalue weighted by Gasteiger charge is 2.13. The van der Waals surface area contributed by atoms with Crippen molar-refractivity contribution in [2.24, 2.45) is 4.99 Å². The molecule has 32 heavy (non-hydrogen) atoms. The molecule has 0 bridgehead atoms. The summed E-state index contributed by atoms with van der Waals surface area (Å²) in [6.07, 6.45) is 1.69. The molecule has 0 fully saturated rings. The van der Waals surface area contributed by atoms with Crippen LogP contribution < -0.4 is 20.7 Å². The zero-order valence-corrected chi connectivity index (χ0v) is 18.6. The highest BCUT2D eigenvalue weighted by atomic mass is 16.5. The van der Waals surface area contributed by atoms with Gasteiger partial charge >= 0.3 is 5.69 Å². The third-order valence-electron chi connectivity index (χ3n) is 5.18. The van der Waals surface area contributed by atoms with E-state index in [2.05, 4.69) is 23.8 Å². The predicted molar refractivity (Wildman–Crippen MR) is 124 cm³/mol. The Labute approximate surface area is 185 Å². The van der Waals surface area contributed by atoms with Gasteiger partial charge in [-0.1, -0.05) is 32.0 Å². The van der Waals surface area contributed by atoms with Crippen molar-refractivity contribution < 1.29 is 14.6 Å². The highest BCUT2D eigenvalue weighted by Crippen LogP contribution is 2.28. The molecule has 3 aromatic rings. The molecule has 2 aromatic carbocycles. The van der Waals surface area contributed by atoms with Crippen LogP contribution >= 0.6 is 0 Å². The maximum Gasteiger partial charge on any atom is 0.331 e. The number of aliphatic imine (C=N–C) groups is 1. The Morgan fingerprint density at radius 1 is 1.06 bits per heavy atom. The lowest BCUT2D eigenvalue weighted by Gasteiger charge is -2.12. The van der Waals surface area contributed by atoms with Crippen LogP contribution in [0.25, 0.3) is 0 Å². The van der Waals surface area contributed by atoms with Crippen molar-refractivity contribution in [3.63, 3.8) is 0 Å². The molecule has 2 N–H and O–H groups in total. The van der Waals surface area contributed by atoms with Gasteiger partial charge in [0.05, 0.1) is 19.9 Å². The number of methoxy groups -OCH3 is 2. The maximum absolute atomic E-state index is 12.3. The fourth-order valence-corrected chi connectivity index (χ4v) is 3.26. The Balaban J connectivity index is 1.85. The molecule has 8 nitrogen and oxygen atoms in total. The molecule has 0 aliphatic rings. The van der Waals surface area contributed by atoms with Crippen LogP contribution in [-0.2, 0) is 13.0 Å². The fraction of sp³-hybridized carbons (Fsp3) is 0.292. The Hall–Kier alpha value is -3.81. The molecule has 3 rings (SSSR count). The number of H-pyrrole nitrogens is 1. The lowest BCUT2D eigenvalue weighted by atomic mass is 10.0. The first-order valence-electron chi connectivity index (χ1n) is 10.2. The Morgan fingerprint density at radius 3 is 2.38 bits per heavy atom. The molecule has 0 aliphatic heterocycles. The minimum Gasteiger partial charge on any atom is -0.494 e. The van der Waals surface area contributed by atoms with E-state index in [0.717, 1.165) is 10.1 Å². The number of aromatic amines is 1. The van der Waals surface area contributed by atoms with Gasteiger partial charge in [-0.3, -0.25) is 19.3 Å². The van der Waals surface area contributed by atoms with Crippen molar-refractivity contribution in [1.29, 1.82) is 0 Å². The summed E-state index contributed by atoms with van der Waals surface area (Å²) in [5.41, 5.74) is 1.22. The number of aryl methyl sites for hydroxylation is 1. The largest absolute Gasteiger partial charge is 0.494 e. The van der Waals surface area contributed by atoms with E-state index >= 15 is 0 Å². The minimum absolute atomic E-state index is 0.0788. The molecule has 0 spiro atoms. The van der Waals surface area contributed by atoms with Crippen molar-refractivity contribution in [3.8, 4) is 17.4 Å². The summed E-state index contributed by atoms with van der Waals surface area (Å²) in [7, 11) is 3.10. The van der Waals surface area contributed by atoms with Gasteiger partial charge in [0, 0.05) is 12.8 Å². The first kappa shape index (κ1) is 22.9. The third-order valence-corrected chi connectivity index (χ3v) is 5.18. The molecule has 1 heterocycles. The molecule has 0 saturated heterocycles. The average molecular weight is 437 g/mol. The summed E-state index contributed by atoms with van der Waals surface area (Å²) >= 11 is 0. The van der Waals surface area contributed by atoms with Gasteiger partial charge in [0.2, 0.25) is 5.88 Å². The highest BCUT2D eigenvalue weighted by molar-refractivity contribution is 5.84. The maximum atomic E-state index is 12.3. The van der Waals surface area contributed by atoms with Crippen LogP contribution in [0.15, 0.2) is 57.0 Å². The standard InChI is InChI=1S/C24H27N3O5/c1-15(2)17-6-8-18(9-7-17)25-14-19-22(28)26-24(30)27(23(19)29)12-11-16-5-10-20(31-3)21(13-16)32-4/h5-10,13-15,29H,11-12H2,1-4H3,(H,26,28,30). The predicted octanol–water partition coefficient (Wildman–Crippen LogP) is 3.38. The van der Waals surface area contributed by atoms with Gasteiger partial charge in [0.25, 0.3) is 5.56 Å². The van der Waals surface area contributed by atoms with Crippen LogP contribution in [0, 0.1) is 0 Å². The zero-order valence-electron chi connectivity index (χ0n) is 18.6. The van der Waals surface area contributed by atoms with E-state index in [1.807, 2.05) is 30.3 Å². The number of benzene rings is 2. The van der Waals surface area contributed by atoms with Gasteiger partial charge in [-0.15, -0.1) is 0 Å². The summed E-state index contributed by atoms with van der Waals surface area (Å²) in [6, 6.07) is 13.0. The molecule has 0 amide bonds. The quantitative estimate of drug-likeness (QED) is 0.526. The van der Waals surface area contributed by atoms with Crippen molar-refractivity contribution in [2.75, 3.05) is 14.2 Å². The molecule has 0 saturated carbocycles. The van der Waals surface area contributed by atoms with Crippen LogP contribution in [0.5, 0.6) is 17.4 Å². The van der Waals surface area contributed by atoms with Crippen LogP contribution in [0.2, 0.25) is 0 Å². The van der Waals surface area contributed by atoms with E-state index in [-0.39, 0.29) is 12.1 Å². The van der Waals surface area contributed by atoms with Gasteiger partial charge in [-0.2, -0.15) is 0 Å². The molecular weight excluding hydrogens is 410 g/mol. The van der Waals surface area contributed by atoms with Gasteiger partial charge in [-0.05, 0) is 47.7 Å². The molecule has 0 unspecified atom stereocenters. The third kappa shape index (κ3) is 5.08. The topological polar surface area (TPSA) is 106 Å². The van der Waals surface area contributed by atoms with Crippen molar-refractivity contribution in [2.45, 2.75) is 32.7 Å². The summed E-state index contributed by atoms with van der Waals surface area (Å²) in [5.74, 6) is 1.13. The lowest BCUT2D eigenvalue weighted by molar-refractivity contribution is 0.354. The van der Waals surface area contributed by atoms with Crippen LogP contribution in [-0.4, -0.2) is 35.1 Å². The summed E-state index contributed by atoms with van der Waals surface area (Å²) in [5, 5.41) is 10.6. The van der Waals surface area contributed by atoms with Crippen LogP contribution in [0.1, 0.15) is 36.5 Å². The number of aromatic hydroxyl groups is 1. The number of nitrogens with one attached hydrogen (secondary N) is 1. The number of rotatable bonds is 8. The number of ether oxygens (including phenoxy) is 2. The molecule has 1 aromatic heterocycles. The van der Waals surface area contributed by atoms with E-state index in [1.54, 1.807) is 26.4 Å². The molecule has 0 radical (unpaired) electrons. The van der Waals surface area contributed by atoms with Crippen LogP contribution in [0.4, 0.5) is 5.69 Å². The average Bonchev–Trinajstić information content (AvgIpc) is 2.78. The Morgan fingerprint density at radius 2 is 1.75 bits per heavy atom. The summed E-state index contributed by atoms with van der Waals surface area (Å²) in [6.45, 7) is 4.35. The lowest BCUT2D eigenvalue weighted by Crippen LogP contribution is -2.32. The number of aromatic nitrogens is 2. The normalized spacial score (nSPS) is 11.3. The van der Waals surface area contributed by atoms with E-state index in [0.29, 0.717) is 29.5 Å². The van der Waals surface area contributed by atoms with Gasteiger partial charge in [-0.25, -0.2) is 4.79 Å². The van der Waals surface area contributed by atoms with Gasteiger partial charge in [0.1, 0.15) is 5.56 Å². The minimum atomic E-state index is -0.697. The molecule has 8 heteroatoms. The van der Waals surface area contributed by atoms with E-state index in [4.69, 9.17) is 9.47 Å². The van der Waals surface area contributed by atoms with Gasteiger partial charge < -0.3 is 14.6 Å². The fourth-order valence-electron chi connectivity index (χ4n) is 3.26. The summed E-state index contributed by atoms with van der Waals surface area (Å²) in [4.78, 5) is 31.1. The summed E-state index contributed by atoms with van der Waals surface area (Å²) < 4.78 is 11.6. The Bertz CT molecular complexity index is 1220. The van der Waals surface area contributed by atoms with Crippen molar-refractivity contribution in [3.05, 3.63) is 80.0 Å². The SMILES string of the molecule is COc1ccc(CCn2c(O)c(C=Nc3ccc(C(C)C)cc3)c(=O)[nH]c2=O)cc1OC.